The van der Waals surface area contributed by atoms with Gasteiger partial charge in [0.1, 0.15) is 19.0 Å². The zero-order chi connectivity index (χ0) is 16.5. The fourth-order valence-corrected chi connectivity index (χ4v) is 3.37. The number of hydrogen-bond donors (Lipinski definition) is 0. The molecule has 1 amide bonds. The molecule has 1 fully saturated rings. The molecule has 2 aliphatic rings. The van der Waals surface area contributed by atoms with Crippen LogP contribution in [0.5, 0.6) is 11.5 Å². The van der Waals surface area contributed by atoms with Crippen LogP contribution in [0.2, 0.25) is 0 Å². The number of carbonyl (C=O) groups is 1. The molecule has 4 rings (SSSR count). The minimum absolute atomic E-state index is 0.0143. The number of likely N-dealkylation sites (tertiary alicyclic amines) is 1. The predicted molar refractivity (Wildman–Crippen MR) is 87.2 cm³/mol. The predicted octanol–water partition coefficient (Wildman–Crippen LogP) is 2.53. The molecule has 6 heteroatoms. The lowest BCUT2D eigenvalue weighted by atomic mass is 10.1. The van der Waals surface area contributed by atoms with Gasteiger partial charge in [-0.1, -0.05) is 6.07 Å². The minimum atomic E-state index is -0.0314. The van der Waals surface area contributed by atoms with Gasteiger partial charge in [-0.2, -0.15) is 0 Å². The van der Waals surface area contributed by atoms with Crippen LogP contribution in [-0.4, -0.2) is 40.5 Å². The van der Waals surface area contributed by atoms with Crippen LogP contribution in [0.1, 0.15) is 40.8 Å². The zero-order valence-corrected chi connectivity index (χ0v) is 13.6. The Kier molecular flexibility index (Phi) is 3.80. The third-order valence-corrected chi connectivity index (χ3v) is 4.45. The van der Waals surface area contributed by atoms with E-state index >= 15 is 0 Å². The lowest BCUT2D eigenvalue weighted by Crippen LogP contribution is -2.32. The first-order valence-electron chi connectivity index (χ1n) is 8.23. The maximum Gasteiger partial charge on any atom is 0.258 e. The fraction of sp³-hybridized carbons (Fsp3) is 0.389. The van der Waals surface area contributed by atoms with Crippen molar-refractivity contribution in [1.82, 2.24) is 14.9 Å². The number of carbonyl (C=O) groups excluding carboxylic acids is 1. The first-order chi connectivity index (χ1) is 11.7. The Morgan fingerprint density at radius 3 is 3.00 bits per heavy atom. The van der Waals surface area contributed by atoms with Gasteiger partial charge in [0.15, 0.2) is 11.5 Å². The first-order valence-corrected chi connectivity index (χ1v) is 8.23. The molecule has 6 nitrogen and oxygen atoms in total. The summed E-state index contributed by atoms with van der Waals surface area (Å²) < 4.78 is 11.3. The van der Waals surface area contributed by atoms with Crippen LogP contribution < -0.4 is 9.47 Å². The number of nitrogens with zero attached hydrogens (tertiary/aromatic N) is 3. The van der Waals surface area contributed by atoms with Crippen molar-refractivity contribution in [2.75, 3.05) is 19.8 Å². The second-order valence-corrected chi connectivity index (χ2v) is 6.02. The molecule has 0 bridgehead atoms. The number of ether oxygens (including phenoxy) is 2. The van der Waals surface area contributed by atoms with Crippen molar-refractivity contribution >= 4 is 5.91 Å². The van der Waals surface area contributed by atoms with E-state index in [1.54, 1.807) is 12.3 Å². The lowest BCUT2D eigenvalue weighted by Gasteiger charge is -2.27. The molecular formula is C18H19N3O3. The Balaban J connectivity index is 1.67. The molecule has 0 unspecified atom stereocenters. The summed E-state index contributed by atoms with van der Waals surface area (Å²) in [5, 5.41) is 0. The quantitative estimate of drug-likeness (QED) is 0.849. The van der Waals surface area contributed by atoms with Crippen LogP contribution >= 0.6 is 0 Å². The highest BCUT2D eigenvalue weighted by Crippen LogP contribution is 2.38. The SMILES string of the molecule is Cc1nccc([C@@H]2CCCN2C(=O)c2cccc3c2OCCO3)n1. The molecule has 1 aromatic heterocycles. The van der Waals surface area contributed by atoms with Crippen LogP contribution in [-0.2, 0) is 0 Å². The van der Waals surface area contributed by atoms with Crippen LogP contribution in [0.25, 0.3) is 0 Å². The summed E-state index contributed by atoms with van der Waals surface area (Å²) in [5.74, 6) is 1.88. The largest absolute Gasteiger partial charge is 0.486 e. The van der Waals surface area contributed by atoms with E-state index in [4.69, 9.17) is 9.47 Å². The van der Waals surface area contributed by atoms with Crippen molar-refractivity contribution in [1.29, 1.82) is 0 Å². The van der Waals surface area contributed by atoms with E-state index in [9.17, 15) is 4.79 Å². The highest BCUT2D eigenvalue weighted by Gasteiger charge is 2.34. The van der Waals surface area contributed by atoms with Gasteiger partial charge in [-0.05, 0) is 38.0 Å². The molecule has 2 aliphatic heterocycles. The molecule has 124 valence electrons. The number of aryl methyl sites for hydroxylation is 1. The maximum absolute atomic E-state index is 13.1. The Labute approximate surface area is 140 Å². The van der Waals surface area contributed by atoms with Crippen molar-refractivity contribution in [2.45, 2.75) is 25.8 Å². The maximum atomic E-state index is 13.1. The smallest absolute Gasteiger partial charge is 0.258 e. The van der Waals surface area contributed by atoms with Crippen LogP contribution in [0.4, 0.5) is 0 Å². The third kappa shape index (κ3) is 2.58. The van der Waals surface area contributed by atoms with Crippen molar-refractivity contribution in [3.8, 4) is 11.5 Å². The summed E-state index contributed by atoms with van der Waals surface area (Å²) in [7, 11) is 0. The molecule has 0 radical (unpaired) electrons. The van der Waals surface area contributed by atoms with Crippen molar-refractivity contribution in [3.05, 3.63) is 47.5 Å². The lowest BCUT2D eigenvalue weighted by molar-refractivity contribution is 0.0722. The monoisotopic (exact) mass is 325 g/mol. The average Bonchev–Trinajstić information content (AvgIpc) is 3.10. The van der Waals surface area contributed by atoms with Gasteiger partial charge in [0.2, 0.25) is 0 Å². The summed E-state index contributed by atoms with van der Waals surface area (Å²) in [6, 6.07) is 7.35. The molecule has 3 heterocycles. The highest BCUT2D eigenvalue weighted by molar-refractivity contribution is 5.98. The molecule has 1 aromatic carbocycles. The van der Waals surface area contributed by atoms with Crippen molar-refractivity contribution < 1.29 is 14.3 Å². The molecule has 24 heavy (non-hydrogen) atoms. The van der Waals surface area contributed by atoms with Gasteiger partial charge in [-0.3, -0.25) is 4.79 Å². The number of benzene rings is 1. The summed E-state index contributed by atoms with van der Waals surface area (Å²) in [6.45, 7) is 3.56. The molecule has 0 N–H and O–H groups in total. The van der Waals surface area contributed by atoms with Crippen LogP contribution in [0, 0.1) is 6.92 Å². The molecule has 0 spiro atoms. The van der Waals surface area contributed by atoms with Crippen molar-refractivity contribution in [2.24, 2.45) is 0 Å². The Bertz CT molecular complexity index is 778. The van der Waals surface area contributed by atoms with Crippen molar-refractivity contribution in [3.63, 3.8) is 0 Å². The van der Waals surface area contributed by atoms with Gasteiger partial charge in [0.25, 0.3) is 5.91 Å². The van der Waals surface area contributed by atoms with E-state index in [0.29, 0.717) is 30.3 Å². The van der Waals surface area contributed by atoms with Gasteiger partial charge < -0.3 is 14.4 Å². The number of para-hydroxylation sites is 1. The van der Waals surface area contributed by atoms with E-state index in [1.165, 1.54) is 0 Å². The van der Waals surface area contributed by atoms with E-state index < -0.39 is 0 Å². The Hall–Kier alpha value is -2.63. The third-order valence-electron chi connectivity index (χ3n) is 4.45. The topological polar surface area (TPSA) is 64.6 Å². The molecule has 0 aliphatic carbocycles. The van der Waals surface area contributed by atoms with Gasteiger partial charge in [0.05, 0.1) is 17.3 Å². The highest BCUT2D eigenvalue weighted by atomic mass is 16.6. The fourth-order valence-electron chi connectivity index (χ4n) is 3.37. The van der Waals surface area contributed by atoms with E-state index in [1.807, 2.05) is 30.0 Å². The number of fused-ring (bicyclic) bond motifs is 1. The number of aromatic nitrogens is 2. The summed E-state index contributed by atoms with van der Waals surface area (Å²) in [5.41, 5.74) is 1.46. The van der Waals surface area contributed by atoms with Crippen LogP contribution in [0.3, 0.4) is 0 Å². The standard InChI is InChI=1S/C18H19N3O3/c1-12-19-8-7-14(20-12)15-5-3-9-21(15)18(22)13-4-2-6-16-17(13)24-11-10-23-16/h2,4,6-8,15H,3,5,9-11H2,1H3/t15-/m0/s1. The number of hydrogen-bond acceptors (Lipinski definition) is 5. The molecule has 1 atom stereocenters. The Morgan fingerprint density at radius 2 is 2.12 bits per heavy atom. The summed E-state index contributed by atoms with van der Waals surface area (Å²) in [6.07, 6.45) is 3.63. The summed E-state index contributed by atoms with van der Waals surface area (Å²) in [4.78, 5) is 23.7. The van der Waals surface area contributed by atoms with E-state index in [2.05, 4.69) is 9.97 Å². The summed E-state index contributed by atoms with van der Waals surface area (Å²) >= 11 is 0. The number of rotatable bonds is 2. The van der Waals surface area contributed by atoms with Gasteiger partial charge in [-0.25, -0.2) is 9.97 Å². The van der Waals surface area contributed by atoms with E-state index in [-0.39, 0.29) is 11.9 Å². The first kappa shape index (κ1) is 14.9. The molecule has 0 saturated carbocycles. The van der Waals surface area contributed by atoms with Gasteiger partial charge >= 0.3 is 0 Å². The van der Waals surface area contributed by atoms with Crippen LogP contribution in [0.15, 0.2) is 30.5 Å². The second kappa shape index (κ2) is 6.11. The van der Waals surface area contributed by atoms with Gasteiger partial charge in [-0.15, -0.1) is 0 Å². The Morgan fingerprint density at radius 1 is 1.25 bits per heavy atom. The number of amides is 1. The molecular weight excluding hydrogens is 306 g/mol. The second-order valence-electron chi connectivity index (χ2n) is 6.02. The van der Waals surface area contributed by atoms with Gasteiger partial charge in [0, 0.05) is 12.7 Å². The average molecular weight is 325 g/mol. The van der Waals surface area contributed by atoms with E-state index in [0.717, 1.165) is 30.9 Å². The normalized spacial score (nSPS) is 19.4. The minimum Gasteiger partial charge on any atom is -0.486 e. The molecule has 1 saturated heterocycles. The molecule has 2 aromatic rings. The zero-order valence-electron chi connectivity index (χ0n) is 13.6.